The third-order valence-electron chi connectivity index (χ3n) is 3.04. The minimum atomic E-state index is 0.561. The fourth-order valence-corrected chi connectivity index (χ4v) is 2.14. The van der Waals surface area contributed by atoms with Gasteiger partial charge < -0.3 is 15.4 Å². The molecule has 0 heterocycles. The van der Waals surface area contributed by atoms with Crippen LogP contribution in [0.15, 0.2) is 42.5 Å². The Morgan fingerprint density at radius 3 is 2.52 bits per heavy atom. The molecule has 0 radical (unpaired) electrons. The van der Waals surface area contributed by atoms with E-state index in [1.165, 1.54) is 0 Å². The summed E-state index contributed by atoms with van der Waals surface area (Å²) < 4.78 is 5.12. The largest absolute Gasteiger partial charge is 0.497 e. The number of anilines is 1. The standard InChI is InChI=1S/C16H17ClN2OS/c1-11-3-6-13(9-15(11)17)19-16(21)18-10-12-4-7-14(20-2)8-5-12/h3-9H,10H2,1-2H3,(H2,18,19,21). The Kier molecular flexibility index (Phi) is 5.42. The second-order valence-corrected chi connectivity index (χ2v) is 5.44. The molecule has 2 rings (SSSR count). The number of hydrogen-bond donors (Lipinski definition) is 2. The first-order chi connectivity index (χ1) is 10.1. The first kappa shape index (κ1) is 15.6. The summed E-state index contributed by atoms with van der Waals surface area (Å²) in [5.41, 5.74) is 3.04. The zero-order valence-corrected chi connectivity index (χ0v) is 13.5. The van der Waals surface area contributed by atoms with E-state index in [0.29, 0.717) is 11.7 Å². The van der Waals surface area contributed by atoms with Gasteiger partial charge in [0.1, 0.15) is 5.75 Å². The van der Waals surface area contributed by atoms with E-state index in [0.717, 1.165) is 27.6 Å². The van der Waals surface area contributed by atoms with Crippen molar-refractivity contribution in [3.63, 3.8) is 0 Å². The van der Waals surface area contributed by atoms with Crippen LogP contribution in [0.5, 0.6) is 5.75 Å². The summed E-state index contributed by atoms with van der Waals surface area (Å²) >= 11 is 11.4. The van der Waals surface area contributed by atoms with Crippen LogP contribution in [0, 0.1) is 6.92 Å². The molecular formula is C16H17ClN2OS. The summed E-state index contributed by atoms with van der Waals surface area (Å²) in [4.78, 5) is 0. The van der Waals surface area contributed by atoms with Gasteiger partial charge in [-0.1, -0.05) is 29.8 Å². The highest BCUT2D eigenvalue weighted by Crippen LogP contribution is 2.19. The summed E-state index contributed by atoms with van der Waals surface area (Å²) in [6, 6.07) is 13.6. The van der Waals surface area contributed by atoms with Crippen molar-refractivity contribution < 1.29 is 4.74 Å². The highest BCUT2D eigenvalue weighted by atomic mass is 35.5. The van der Waals surface area contributed by atoms with E-state index in [1.54, 1.807) is 7.11 Å². The van der Waals surface area contributed by atoms with Crippen molar-refractivity contribution in [1.82, 2.24) is 5.32 Å². The zero-order valence-electron chi connectivity index (χ0n) is 11.9. The number of benzene rings is 2. The van der Waals surface area contributed by atoms with E-state index in [4.69, 9.17) is 28.6 Å². The molecule has 3 nitrogen and oxygen atoms in total. The second kappa shape index (κ2) is 7.29. The van der Waals surface area contributed by atoms with Gasteiger partial charge in [0, 0.05) is 17.3 Å². The van der Waals surface area contributed by atoms with Crippen LogP contribution in [0.2, 0.25) is 5.02 Å². The summed E-state index contributed by atoms with van der Waals surface area (Å²) in [6.07, 6.45) is 0. The molecule has 0 atom stereocenters. The minimum Gasteiger partial charge on any atom is -0.497 e. The highest BCUT2D eigenvalue weighted by molar-refractivity contribution is 7.80. The smallest absolute Gasteiger partial charge is 0.171 e. The number of hydrogen-bond acceptors (Lipinski definition) is 2. The molecule has 0 spiro atoms. The topological polar surface area (TPSA) is 33.3 Å². The Labute approximate surface area is 135 Å². The van der Waals surface area contributed by atoms with Gasteiger partial charge in [-0.05, 0) is 54.5 Å². The van der Waals surface area contributed by atoms with E-state index in [9.17, 15) is 0 Å². The van der Waals surface area contributed by atoms with Crippen molar-refractivity contribution in [2.45, 2.75) is 13.5 Å². The molecule has 0 fully saturated rings. The molecular weight excluding hydrogens is 304 g/mol. The van der Waals surface area contributed by atoms with Crippen LogP contribution in [0.4, 0.5) is 5.69 Å². The summed E-state index contributed by atoms with van der Waals surface area (Å²) in [5, 5.41) is 7.55. The Bertz CT molecular complexity index is 629. The summed E-state index contributed by atoms with van der Waals surface area (Å²) in [6.45, 7) is 2.61. The first-order valence-corrected chi connectivity index (χ1v) is 7.31. The number of methoxy groups -OCH3 is 1. The lowest BCUT2D eigenvalue weighted by molar-refractivity contribution is 0.414. The molecule has 2 aromatic rings. The van der Waals surface area contributed by atoms with Crippen molar-refractivity contribution in [2.24, 2.45) is 0 Å². The van der Waals surface area contributed by atoms with Crippen LogP contribution in [0.25, 0.3) is 0 Å². The van der Waals surface area contributed by atoms with E-state index >= 15 is 0 Å². The van der Waals surface area contributed by atoms with Crippen LogP contribution in [0.3, 0.4) is 0 Å². The van der Waals surface area contributed by atoms with Gasteiger partial charge in [0.2, 0.25) is 0 Å². The van der Waals surface area contributed by atoms with Crippen molar-refractivity contribution in [1.29, 1.82) is 0 Å². The van der Waals surface area contributed by atoms with E-state index in [-0.39, 0.29) is 0 Å². The third kappa shape index (κ3) is 4.62. The van der Waals surface area contributed by atoms with Gasteiger partial charge in [-0.2, -0.15) is 0 Å². The average Bonchev–Trinajstić information content (AvgIpc) is 2.49. The number of rotatable bonds is 4. The molecule has 2 N–H and O–H groups in total. The van der Waals surface area contributed by atoms with Crippen molar-refractivity contribution >= 4 is 34.6 Å². The van der Waals surface area contributed by atoms with Gasteiger partial charge in [0.15, 0.2) is 5.11 Å². The van der Waals surface area contributed by atoms with E-state index in [1.807, 2.05) is 49.4 Å². The fourth-order valence-electron chi connectivity index (χ4n) is 1.77. The van der Waals surface area contributed by atoms with Gasteiger partial charge in [0.05, 0.1) is 7.11 Å². The maximum Gasteiger partial charge on any atom is 0.171 e. The Morgan fingerprint density at radius 2 is 1.90 bits per heavy atom. The third-order valence-corrected chi connectivity index (χ3v) is 3.70. The quantitative estimate of drug-likeness (QED) is 0.829. The van der Waals surface area contributed by atoms with Crippen molar-refractivity contribution in [3.05, 3.63) is 58.6 Å². The molecule has 5 heteroatoms. The van der Waals surface area contributed by atoms with Gasteiger partial charge in [-0.3, -0.25) is 0 Å². The second-order valence-electron chi connectivity index (χ2n) is 4.62. The van der Waals surface area contributed by atoms with Gasteiger partial charge in [0.25, 0.3) is 0 Å². The van der Waals surface area contributed by atoms with Gasteiger partial charge in [-0.15, -0.1) is 0 Å². The minimum absolute atomic E-state index is 0.561. The van der Waals surface area contributed by atoms with Crippen LogP contribution >= 0.6 is 23.8 Å². The Morgan fingerprint density at radius 1 is 1.19 bits per heavy atom. The van der Waals surface area contributed by atoms with Crippen molar-refractivity contribution in [2.75, 3.05) is 12.4 Å². The molecule has 0 aliphatic rings. The van der Waals surface area contributed by atoms with E-state index < -0.39 is 0 Å². The fraction of sp³-hybridized carbons (Fsp3) is 0.188. The van der Waals surface area contributed by atoms with Crippen LogP contribution in [0.1, 0.15) is 11.1 Å². The Hall–Kier alpha value is -1.78. The molecule has 0 aromatic heterocycles. The number of aryl methyl sites for hydroxylation is 1. The molecule has 0 amide bonds. The number of nitrogens with one attached hydrogen (secondary N) is 2. The molecule has 2 aromatic carbocycles. The lowest BCUT2D eigenvalue weighted by Gasteiger charge is -2.11. The zero-order chi connectivity index (χ0) is 15.2. The van der Waals surface area contributed by atoms with E-state index in [2.05, 4.69) is 10.6 Å². The molecule has 0 unspecified atom stereocenters. The SMILES string of the molecule is COc1ccc(CNC(=S)Nc2ccc(C)c(Cl)c2)cc1. The lowest BCUT2D eigenvalue weighted by Crippen LogP contribution is -2.27. The summed E-state index contributed by atoms with van der Waals surface area (Å²) in [5.74, 6) is 0.841. The maximum atomic E-state index is 6.08. The molecule has 0 saturated heterocycles. The first-order valence-electron chi connectivity index (χ1n) is 6.52. The molecule has 21 heavy (non-hydrogen) atoms. The molecule has 110 valence electrons. The average molecular weight is 321 g/mol. The number of halogens is 1. The van der Waals surface area contributed by atoms with Crippen LogP contribution in [-0.2, 0) is 6.54 Å². The van der Waals surface area contributed by atoms with Crippen molar-refractivity contribution in [3.8, 4) is 5.75 Å². The number of thiocarbonyl (C=S) groups is 1. The van der Waals surface area contributed by atoms with Crippen LogP contribution in [-0.4, -0.2) is 12.2 Å². The highest BCUT2D eigenvalue weighted by Gasteiger charge is 2.01. The predicted molar refractivity (Wildman–Crippen MR) is 92.2 cm³/mol. The predicted octanol–water partition coefficient (Wildman–Crippen LogP) is 4.14. The molecule has 0 aliphatic carbocycles. The lowest BCUT2D eigenvalue weighted by atomic mass is 10.2. The summed E-state index contributed by atoms with van der Waals surface area (Å²) in [7, 11) is 1.65. The number of ether oxygens (including phenoxy) is 1. The maximum absolute atomic E-state index is 6.08. The van der Waals surface area contributed by atoms with Gasteiger partial charge in [-0.25, -0.2) is 0 Å². The molecule has 0 saturated carbocycles. The monoisotopic (exact) mass is 320 g/mol. The normalized spacial score (nSPS) is 10.0. The van der Waals surface area contributed by atoms with Gasteiger partial charge >= 0.3 is 0 Å². The molecule has 0 aliphatic heterocycles. The Balaban J connectivity index is 1.87. The molecule has 0 bridgehead atoms. The van der Waals surface area contributed by atoms with Crippen LogP contribution < -0.4 is 15.4 Å².